The molecular formula is C21H27F2N3O3S. The number of halogens is 2. The van der Waals surface area contributed by atoms with Crippen molar-refractivity contribution in [3.63, 3.8) is 0 Å². The standard InChI is InChI=1S/C21H27F2N3O3S/c22-17-8-5-9-18(23)21(17)26-20-11-4-3-10-19(20)25(30(26,27)28)13-15-29-14-12-24-16-6-1-2-7-16/h3-5,8-11,16,24,27-28H,1-2,6-7,12-15H2. The molecule has 0 atom stereocenters. The quantitative estimate of drug-likeness (QED) is 0.500. The van der Waals surface area contributed by atoms with E-state index in [-0.39, 0.29) is 13.2 Å². The maximum atomic E-state index is 14.4. The number of nitrogens with one attached hydrogen (secondary N) is 1. The molecule has 6 nitrogen and oxygen atoms in total. The second kappa shape index (κ2) is 9.07. The van der Waals surface area contributed by atoms with Crippen LogP contribution in [0.3, 0.4) is 0 Å². The van der Waals surface area contributed by atoms with Crippen molar-refractivity contribution < 1.29 is 22.6 Å². The van der Waals surface area contributed by atoms with Crippen molar-refractivity contribution >= 4 is 28.0 Å². The Balaban J connectivity index is 1.45. The fourth-order valence-corrected chi connectivity index (χ4v) is 5.87. The van der Waals surface area contributed by atoms with E-state index in [9.17, 15) is 17.9 Å². The molecule has 2 aromatic carbocycles. The Morgan fingerprint density at radius 2 is 1.63 bits per heavy atom. The van der Waals surface area contributed by atoms with Crippen LogP contribution in [0.1, 0.15) is 25.7 Å². The fraction of sp³-hybridized carbons (Fsp3) is 0.429. The summed E-state index contributed by atoms with van der Waals surface area (Å²) in [6.07, 6.45) is 4.94. The molecular weight excluding hydrogens is 412 g/mol. The summed E-state index contributed by atoms with van der Waals surface area (Å²) in [5.74, 6) is -1.72. The summed E-state index contributed by atoms with van der Waals surface area (Å²) in [7, 11) is -3.70. The zero-order valence-corrected chi connectivity index (χ0v) is 17.5. The maximum absolute atomic E-state index is 14.4. The minimum absolute atomic E-state index is 0.176. The minimum Gasteiger partial charge on any atom is -0.378 e. The summed E-state index contributed by atoms with van der Waals surface area (Å²) in [6.45, 7) is 1.68. The van der Waals surface area contributed by atoms with E-state index in [1.165, 1.54) is 36.1 Å². The zero-order chi connectivity index (χ0) is 21.1. The van der Waals surface area contributed by atoms with E-state index in [4.69, 9.17) is 4.74 Å². The van der Waals surface area contributed by atoms with Gasteiger partial charge in [-0.05, 0) is 48.1 Å². The number of hydrogen-bond donors (Lipinski definition) is 3. The van der Waals surface area contributed by atoms with E-state index in [1.54, 1.807) is 24.3 Å². The van der Waals surface area contributed by atoms with Gasteiger partial charge in [-0.15, -0.1) is 0 Å². The molecule has 0 radical (unpaired) electrons. The Hall–Kier alpha value is -1.91. The van der Waals surface area contributed by atoms with E-state index < -0.39 is 28.3 Å². The topological polar surface area (TPSA) is 68.2 Å². The van der Waals surface area contributed by atoms with Crippen LogP contribution in [-0.2, 0) is 4.74 Å². The lowest BCUT2D eigenvalue weighted by Gasteiger charge is -2.43. The maximum Gasteiger partial charge on any atom is 0.151 e. The summed E-state index contributed by atoms with van der Waals surface area (Å²) < 4.78 is 58.8. The van der Waals surface area contributed by atoms with Crippen LogP contribution < -0.4 is 13.9 Å². The van der Waals surface area contributed by atoms with E-state index in [0.717, 1.165) is 23.0 Å². The molecule has 164 valence electrons. The van der Waals surface area contributed by atoms with Gasteiger partial charge in [-0.1, -0.05) is 31.0 Å². The van der Waals surface area contributed by atoms with Crippen LogP contribution in [0.25, 0.3) is 0 Å². The van der Waals surface area contributed by atoms with E-state index in [2.05, 4.69) is 5.32 Å². The van der Waals surface area contributed by atoms with Gasteiger partial charge < -0.3 is 10.1 Å². The molecule has 2 aromatic rings. The fourth-order valence-electron chi connectivity index (χ4n) is 4.09. The van der Waals surface area contributed by atoms with Gasteiger partial charge in [0.15, 0.2) is 11.6 Å². The third-order valence-corrected chi connectivity index (χ3v) is 7.36. The lowest BCUT2D eigenvalue weighted by atomic mass is 10.2. The first-order chi connectivity index (χ1) is 14.5. The molecule has 1 aliphatic heterocycles. The Bertz CT molecular complexity index is 860. The van der Waals surface area contributed by atoms with Crippen LogP contribution >= 0.6 is 11.0 Å². The number of rotatable bonds is 8. The van der Waals surface area contributed by atoms with Gasteiger partial charge in [-0.2, -0.15) is 0 Å². The Kier molecular flexibility index (Phi) is 6.45. The lowest BCUT2D eigenvalue weighted by molar-refractivity contribution is 0.141. The summed E-state index contributed by atoms with van der Waals surface area (Å²) in [5, 5.41) is 3.46. The molecule has 9 heteroatoms. The molecule has 1 fully saturated rings. The number of para-hydroxylation sites is 3. The molecule has 1 saturated carbocycles. The van der Waals surface area contributed by atoms with Gasteiger partial charge in [0.2, 0.25) is 0 Å². The molecule has 2 aliphatic rings. The number of hydrogen-bond acceptors (Lipinski definition) is 6. The molecule has 3 N–H and O–H groups in total. The smallest absolute Gasteiger partial charge is 0.151 e. The first-order valence-electron chi connectivity index (χ1n) is 10.2. The first-order valence-corrected chi connectivity index (χ1v) is 11.7. The van der Waals surface area contributed by atoms with E-state index >= 15 is 0 Å². The molecule has 0 aromatic heterocycles. The molecule has 0 saturated heterocycles. The van der Waals surface area contributed by atoms with Crippen molar-refractivity contribution in [2.45, 2.75) is 31.7 Å². The molecule has 30 heavy (non-hydrogen) atoms. The van der Waals surface area contributed by atoms with Crippen LogP contribution in [0.2, 0.25) is 0 Å². The summed E-state index contributed by atoms with van der Waals surface area (Å²) in [5.41, 5.74) is 0.353. The van der Waals surface area contributed by atoms with Crippen LogP contribution in [-0.4, -0.2) is 41.5 Å². The molecule has 0 bridgehead atoms. The third kappa shape index (κ3) is 4.13. The Morgan fingerprint density at radius 3 is 2.33 bits per heavy atom. The molecule has 0 spiro atoms. The van der Waals surface area contributed by atoms with Gasteiger partial charge in [0.1, 0.15) is 5.69 Å². The van der Waals surface area contributed by atoms with Crippen molar-refractivity contribution in [1.29, 1.82) is 0 Å². The average Bonchev–Trinajstić information content (AvgIpc) is 3.30. The first kappa shape index (κ1) is 21.3. The number of anilines is 3. The number of nitrogens with zero attached hydrogens (tertiary/aromatic N) is 2. The molecule has 0 unspecified atom stereocenters. The second-order valence-electron chi connectivity index (χ2n) is 7.49. The Morgan fingerprint density at radius 1 is 0.967 bits per heavy atom. The normalized spacial score (nSPS) is 19.3. The van der Waals surface area contributed by atoms with Crippen molar-refractivity contribution in [1.82, 2.24) is 5.32 Å². The van der Waals surface area contributed by atoms with Gasteiger partial charge in [0, 0.05) is 12.6 Å². The van der Waals surface area contributed by atoms with E-state index in [1.807, 2.05) is 0 Å². The van der Waals surface area contributed by atoms with Gasteiger partial charge in [-0.25, -0.2) is 17.4 Å². The summed E-state index contributed by atoms with van der Waals surface area (Å²) >= 11 is 0. The Labute approximate surface area is 177 Å². The van der Waals surface area contributed by atoms with E-state index in [0.29, 0.717) is 24.0 Å². The van der Waals surface area contributed by atoms with Gasteiger partial charge in [0.05, 0.1) is 31.1 Å². The van der Waals surface area contributed by atoms with Gasteiger partial charge >= 0.3 is 0 Å². The highest BCUT2D eigenvalue weighted by Gasteiger charge is 2.43. The van der Waals surface area contributed by atoms with Crippen molar-refractivity contribution in [3.05, 3.63) is 54.1 Å². The van der Waals surface area contributed by atoms with Crippen molar-refractivity contribution in [3.8, 4) is 0 Å². The highest BCUT2D eigenvalue weighted by molar-refractivity contribution is 8.27. The van der Waals surface area contributed by atoms with Crippen molar-refractivity contribution in [2.24, 2.45) is 0 Å². The predicted molar refractivity (Wildman–Crippen MR) is 116 cm³/mol. The third-order valence-electron chi connectivity index (χ3n) is 5.52. The molecule has 1 heterocycles. The van der Waals surface area contributed by atoms with Gasteiger partial charge in [0.25, 0.3) is 0 Å². The SMILES string of the molecule is OS1(O)N(CCOCCNC2CCCC2)c2ccccc2N1c1c(F)cccc1F. The lowest BCUT2D eigenvalue weighted by Crippen LogP contribution is -2.35. The zero-order valence-electron chi connectivity index (χ0n) is 16.6. The summed E-state index contributed by atoms with van der Waals surface area (Å²) in [4.78, 5) is 0. The molecule has 4 rings (SSSR count). The summed E-state index contributed by atoms with van der Waals surface area (Å²) in [6, 6.07) is 10.7. The second-order valence-corrected chi connectivity index (χ2v) is 9.28. The molecule has 1 aliphatic carbocycles. The molecule has 0 amide bonds. The number of ether oxygens (including phenoxy) is 1. The van der Waals surface area contributed by atoms with Crippen molar-refractivity contribution in [2.75, 3.05) is 34.9 Å². The van der Waals surface area contributed by atoms with Gasteiger partial charge in [-0.3, -0.25) is 9.11 Å². The minimum atomic E-state index is -3.70. The predicted octanol–water partition coefficient (Wildman–Crippen LogP) is 5.05. The van der Waals surface area contributed by atoms with Crippen LogP contribution in [0.4, 0.5) is 25.8 Å². The number of benzene rings is 2. The van der Waals surface area contributed by atoms with Crippen LogP contribution in [0.15, 0.2) is 42.5 Å². The highest BCUT2D eigenvalue weighted by Crippen LogP contribution is 2.64. The van der Waals surface area contributed by atoms with Crippen LogP contribution in [0.5, 0.6) is 0 Å². The van der Waals surface area contributed by atoms with Crippen LogP contribution in [0, 0.1) is 11.6 Å². The number of fused-ring (bicyclic) bond motifs is 1. The highest BCUT2D eigenvalue weighted by atomic mass is 32.3. The monoisotopic (exact) mass is 439 g/mol. The largest absolute Gasteiger partial charge is 0.378 e. The average molecular weight is 440 g/mol.